The van der Waals surface area contributed by atoms with E-state index in [1.165, 1.54) is 0 Å². The molecule has 1 amide bonds. The van der Waals surface area contributed by atoms with Gasteiger partial charge in [-0.3, -0.25) is 9.59 Å². The third-order valence-corrected chi connectivity index (χ3v) is 11.2. The first kappa shape index (κ1) is 29.2. The van der Waals surface area contributed by atoms with Crippen LogP contribution in [0.15, 0.2) is 30.4 Å². The van der Waals surface area contributed by atoms with Crippen molar-refractivity contribution in [2.24, 2.45) is 46.3 Å². The molecule has 0 heterocycles. The van der Waals surface area contributed by atoms with E-state index in [9.17, 15) is 35.9 Å². The quantitative estimate of drug-likeness (QED) is 0.362. The molecule has 4 aliphatic carbocycles. The lowest BCUT2D eigenvalue weighted by atomic mass is 9.46. The van der Waals surface area contributed by atoms with Gasteiger partial charge < -0.3 is 5.32 Å². The fourth-order valence-electron chi connectivity index (χ4n) is 8.93. The van der Waals surface area contributed by atoms with Crippen molar-refractivity contribution in [3.8, 4) is 0 Å². The monoisotopic (exact) mass is 569 g/mol. The van der Waals surface area contributed by atoms with Crippen LogP contribution in [0.5, 0.6) is 0 Å². The maximum Gasteiger partial charge on any atom is 0.418 e. The van der Waals surface area contributed by atoms with Gasteiger partial charge in [0.1, 0.15) is 0 Å². The Morgan fingerprint density at radius 1 is 0.900 bits per heavy atom. The van der Waals surface area contributed by atoms with E-state index in [2.05, 4.69) is 18.3 Å². The Morgan fingerprint density at radius 2 is 1.60 bits per heavy atom. The smallest absolute Gasteiger partial charge is 0.325 e. The molecule has 4 aliphatic rings. The highest BCUT2D eigenvalue weighted by atomic mass is 19.4. The number of carbonyl (C=O) groups is 2. The van der Waals surface area contributed by atoms with Crippen LogP contribution in [0.1, 0.15) is 83.3 Å². The maximum absolute atomic E-state index is 13.6. The third kappa shape index (κ3) is 4.89. The molecular formula is C31H37F6NO2. The number of anilines is 1. The van der Waals surface area contributed by atoms with Crippen molar-refractivity contribution in [1.82, 2.24) is 0 Å². The van der Waals surface area contributed by atoms with E-state index in [4.69, 9.17) is 0 Å². The summed E-state index contributed by atoms with van der Waals surface area (Å²) >= 11 is 0. The van der Waals surface area contributed by atoms with E-state index in [1.54, 1.807) is 6.08 Å². The Kier molecular flexibility index (Phi) is 7.22. The van der Waals surface area contributed by atoms with Crippen molar-refractivity contribution < 1.29 is 35.9 Å². The lowest BCUT2D eigenvalue weighted by Gasteiger charge is -2.58. The molecule has 40 heavy (non-hydrogen) atoms. The van der Waals surface area contributed by atoms with Crippen molar-refractivity contribution in [2.45, 2.75) is 84.5 Å². The average molecular weight is 570 g/mol. The van der Waals surface area contributed by atoms with Crippen LogP contribution in [0.2, 0.25) is 0 Å². The van der Waals surface area contributed by atoms with Crippen LogP contribution in [0, 0.1) is 46.3 Å². The van der Waals surface area contributed by atoms with E-state index in [0.29, 0.717) is 48.8 Å². The molecule has 8 atom stereocenters. The van der Waals surface area contributed by atoms with Crippen molar-refractivity contribution >= 4 is 17.4 Å². The Labute approximate surface area is 231 Å². The van der Waals surface area contributed by atoms with Crippen LogP contribution in [0.25, 0.3) is 0 Å². The van der Waals surface area contributed by atoms with Crippen LogP contribution < -0.4 is 5.32 Å². The summed E-state index contributed by atoms with van der Waals surface area (Å²) < 4.78 is 80.8. The topological polar surface area (TPSA) is 46.2 Å². The van der Waals surface area contributed by atoms with Gasteiger partial charge in [-0.05, 0) is 110 Å². The summed E-state index contributed by atoms with van der Waals surface area (Å²) in [6.07, 6.45) is 0.890. The molecule has 5 unspecified atom stereocenters. The van der Waals surface area contributed by atoms with Gasteiger partial charge in [0.05, 0.1) is 16.8 Å². The standard InChI is InChI=1S/C31H37F6NO2/c1-17-4-5-18-6-8-20-21-10-11-24(29(21,3)14-12-22(20)28(18,2)15-13-26(17)39)27(40)38-25-16-19(30(32,33)34)7-9-23(25)31(35,36)37/h7,9,13,15-18,20-22,24H,4-6,8,10-12,14H2,1-3H3,(H,38,40)/t17?,18?,20?,21?,22?,24-,28+,29+/m1/s1. The number of rotatable bonds is 2. The first-order valence-electron chi connectivity index (χ1n) is 14.4. The molecule has 0 spiro atoms. The van der Waals surface area contributed by atoms with E-state index in [1.807, 2.05) is 13.8 Å². The maximum atomic E-state index is 13.6. The van der Waals surface area contributed by atoms with Crippen molar-refractivity contribution in [3.05, 3.63) is 41.5 Å². The summed E-state index contributed by atoms with van der Waals surface area (Å²) in [7, 11) is 0. The largest absolute Gasteiger partial charge is 0.418 e. The lowest BCUT2D eigenvalue weighted by molar-refractivity contribution is -0.141. The first-order chi connectivity index (χ1) is 18.6. The van der Waals surface area contributed by atoms with E-state index < -0.39 is 46.4 Å². The molecule has 1 aromatic rings. The van der Waals surface area contributed by atoms with Crippen LogP contribution >= 0.6 is 0 Å². The third-order valence-electron chi connectivity index (χ3n) is 11.2. The molecule has 1 N–H and O–H groups in total. The van der Waals surface area contributed by atoms with Gasteiger partial charge in [0.2, 0.25) is 5.91 Å². The van der Waals surface area contributed by atoms with Gasteiger partial charge in [0.25, 0.3) is 0 Å². The lowest BCUT2D eigenvalue weighted by Crippen LogP contribution is -2.52. The van der Waals surface area contributed by atoms with Gasteiger partial charge in [-0.15, -0.1) is 0 Å². The second-order valence-electron chi connectivity index (χ2n) is 13.2. The molecule has 0 bridgehead atoms. The first-order valence-corrected chi connectivity index (χ1v) is 14.4. The highest BCUT2D eigenvalue weighted by Crippen LogP contribution is 2.66. The summed E-state index contributed by atoms with van der Waals surface area (Å²) in [5.74, 6) is 0.305. The second kappa shape index (κ2) is 9.90. The van der Waals surface area contributed by atoms with E-state index in [0.717, 1.165) is 38.5 Å². The minimum absolute atomic E-state index is 0.0250. The summed E-state index contributed by atoms with van der Waals surface area (Å²) in [6, 6.07) is 1.16. The Bertz CT molecular complexity index is 1210. The number of hydrogen-bond acceptors (Lipinski definition) is 2. The van der Waals surface area contributed by atoms with Crippen LogP contribution in [-0.4, -0.2) is 11.7 Å². The second-order valence-corrected chi connectivity index (χ2v) is 13.2. The number of benzene rings is 1. The number of halogens is 6. The van der Waals surface area contributed by atoms with Gasteiger partial charge in [-0.2, -0.15) is 26.3 Å². The van der Waals surface area contributed by atoms with Crippen molar-refractivity contribution in [3.63, 3.8) is 0 Å². The molecule has 3 saturated carbocycles. The molecule has 5 rings (SSSR count). The molecule has 0 aliphatic heterocycles. The minimum atomic E-state index is -4.91. The zero-order chi connectivity index (χ0) is 29.3. The number of carbonyl (C=O) groups excluding carboxylic acids is 2. The SMILES string of the molecule is CC1CCC2CCC3C(CC[C@@]4(C)C3CC[C@@H]4C(=O)Nc3cc(C(F)(F)F)ccc3C(F)(F)F)[C@@]2(C)C=CC1=O. The molecule has 0 radical (unpaired) electrons. The zero-order valence-corrected chi connectivity index (χ0v) is 23.1. The summed E-state index contributed by atoms with van der Waals surface area (Å²) in [6.45, 7) is 6.28. The fraction of sp³-hybridized carbons (Fsp3) is 0.677. The Balaban J connectivity index is 1.40. The molecule has 220 valence electrons. The molecule has 1 aromatic carbocycles. The summed E-state index contributed by atoms with van der Waals surface area (Å²) in [4.78, 5) is 26.1. The fourth-order valence-corrected chi connectivity index (χ4v) is 8.93. The molecule has 3 nitrogen and oxygen atoms in total. The highest BCUT2D eigenvalue weighted by molar-refractivity contribution is 5.94. The van der Waals surface area contributed by atoms with Gasteiger partial charge in [-0.1, -0.05) is 26.8 Å². The van der Waals surface area contributed by atoms with Crippen molar-refractivity contribution in [1.29, 1.82) is 0 Å². The van der Waals surface area contributed by atoms with Crippen LogP contribution in [0.3, 0.4) is 0 Å². The number of hydrogen-bond donors (Lipinski definition) is 1. The minimum Gasteiger partial charge on any atom is -0.325 e. The normalized spacial score (nSPS) is 38.1. The van der Waals surface area contributed by atoms with Gasteiger partial charge in [0.15, 0.2) is 5.78 Å². The van der Waals surface area contributed by atoms with E-state index >= 15 is 0 Å². The van der Waals surface area contributed by atoms with Gasteiger partial charge in [-0.25, -0.2) is 0 Å². The number of ketones is 1. The number of alkyl halides is 6. The molecule has 9 heteroatoms. The molecule has 0 aromatic heterocycles. The zero-order valence-electron chi connectivity index (χ0n) is 23.1. The van der Waals surface area contributed by atoms with Crippen molar-refractivity contribution in [2.75, 3.05) is 5.32 Å². The van der Waals surface area contributed by atoms with E-state index in [-0.39, 0.29) is 23.0 Å². The predicted molar refractivity (Wildman–Crippen MR) is 139 cm³/mol. The summed E-state index contributed by atoms with van der Waals surface area (Å²) in [5.41, 5.74) is -3.95. The number of nitrogens with one attached hydrogen (secondary N) is 1. The number of amides is 1. The highest BCUT2D eigenvalue weighted by Gasteiger charge is 2.60. The average Bonchev–Trinajstić information content (AvgIpc) is 3.22. The molecular weight excluding hydrogens is 532 g/mol. The molecule has 3 fully saturated rings. The predicted octanol–water partition coefficient (Wildman–Crippen LogP) is 8.69. The van der Waals surface area contributed by atoms with Crippen LogP contribution in [0.4, 0.5) is 32.0 Å². The number of allylic oxidation sites excluding steroid dienone is 2. The Hall–Kier alpha value is -2.32. The van der Waals surface area contributed by atoms with Gasteiger partial charge >= 0.3 is 12.4 Å². The molecule has 0 saturated heterocycles. The Morgan fingerprint density at radius 3 is 2.27 bits per heavy atom. The van der Waals surface area contributed by atoms with Gasteiger partial charge in [0, 0.05) is 11.8 Å². The van der Waals surface area contributed by atoms with Crippen LogP contribution in [-0.2, 0) is 21.9 Å². The summed E-state index contributed by atoms with van der Waals surface area (Å²) in [5, 5.41) is 2.27. The number of fused-ring (bicyclic) bond motifs is 5.